The Labute approximate surface area is 84.8 Å². The molecular weight excluding hydrogens is 207 g/mol. The van der Waals surface area contributed by atoms with Gasteiger partial charge >= 0.3 is 5.97 Å². The van der Waals surface area contributed by atoms with Crippen molar-refractivity contribution in [2.45, 2.75) is 6.92 Å². The molecule has 0 aromatic rings. The van der Waals surface area contributed by atoms with E-state index in [9.17, 15) is 4.79 Å². The molecule has 0 radical (unpaired) electrons. The Kier molecular flexibility index (Phi) is 14.3. The lowest BCUT2D eigenvalue weighted by atomic mass is 10.7. The van der Waals surface area contributed by atoms with Crippen molar-refractivity contribution in [3.63, 3.8) is 0 Å². The van der Waals surface area contributed by atoms with E-state index in [-0.39, 0.29) is 25.0 Å². The zero-order valence-corrected chi connectivity index (χ0v) is 9.11. The zero-order chi connectivity index (χ0) is 11.4. The van der Waals surface area contributed by atoms with Gasteiger partial charge in [-0.3, -0.25) is 4.79 Å². The molecule has 0 unspecified atom stereocenters. The second-order valence-corrected chi connectivity index (χ2v) is 4.38. The van der Waals surface area contributed by atoms with Crippen LogP contribution in [0.5, 0.6) is 0 Å². The average molecular weight is 224 g/mol. The molecule has 3 N–H and O–H groups in total. The normalized spacial score (nSPS) is 8.93. The fourth-order valence-electron chi connectivity index (χ4n) is 0.310. The molecule has 0 aliphatic heterocycles. The summed E-state index contributed by atoms with van der Waals surface area (Å²) in [4.78, 5) is 9.93. The monoisotopic (exact) mass is 224 g/mol. The Bertz CT molecular complexity index is 141. The third kappa shape index (κ3) is 14.1. The molecule has 0 aliphatic rings. The molecule has 84 valence electrons. The van der Waals surface area contributed by atoms with Crippen LogP contribution in [0.4, 0.5) is 0 Å². The average Bonchev–Trinajstić information content (AvgIpc) is 2.18. The Balaban J connectivity index is 0. The molecule has 0 saturated heterocycles. The number of hydrogen-bond donors (Lipinski definition) is 3. The number of carbonyl (C=O) groups excluding carboxylic acids is 1. The van der Waals surface area contributed by atoms with Crippen LogP contribution in [0.15, 0.2) is 12.7 Å². The fraction of sp³-hybridized carbons (Fsp3) is 0.625. The Morgan fingerprint density at radius 3 is 1.86 bits per heavy atom. The second-order valence-electron chi connectivity index (χ2n) is 2.19. The first-order chi connectivity index (χ1) is 6.62. The molecule has 14 heavy (non-hydrogen) atoms. The first-order valence-electron chi connectivity index (χ1n) is 3.91. The summed E-state index contributed by atoms with van der Waals surface area (Å²) in [6, 6.07) is 0. The first-order valence-corrected chi connectivity index (χ1v) is 5.81. The highest BCUT2D eigenvalue weighted by molar-refractivity contribution is 7.56. The van der Waals surface area contributed by atoms with E-state index in [0.717, 1.165) is 0 Å². The molecule has 0 aromatic heterocycles. The SMILES string of the molecule is C=CCOC(C)=O.OCP(CO)CO. The van der Waals surface area contributed by atoms with Gasteiger partial charge in [0.2, 0.25) is 0 Å². The van der Waals surface area contributed by atoms with Crippen molar-refractivity contribution in [2.24, 2.45) is 0 Å². The number of hydrogen-bond acceptors (Lipinski definition) is 5. The summed E-state index contributed by atoms with van der Waals surface area (Å²) in [6.45, 7) is 5.03. The fourth-order valence-corrected chi connectivity index (χ4v) is 0.579. The molecule has 5 nitrogen and oxygen atoms in total. The number of esters is 1. The topological polar surface area (TPSA) is 87.0 Å². The van der Waals surface area contributed by atoms with Gasteiger partial charge in [0.1, 0.15) is 6.61 Å². The van der Waals surface area contributed by atoms with Gasteiger partial charge in [-0.05, 0) is 7.92 Å². The number of carbonyl (C=O) groups is 1. The van der Waals surface area contributed by atoms with Gasteiger partial charge in [-0.25, -0.2) is 0 Å². The van der Waals surface area contributed by atoms with E-state index in [0.29, 0.717) is 6.61 Å². The van der Waals surface area contributed by atoms with E-state index in [1.807, 2.05) is 0 Å². The minimum Gasteiger partial charge on any atom is -0.462 e. The molecule has 0 aliphatic carbocycles. The third-order valence-electron chi connectivity index (χ3n) is 1.00. The lowest BCUT2D eigenvalue weighted by Crippen LogP contribution is -1.96. The predicted molar refractivity (Wildman–Crippen MR) is 55.0 cm³/mol. The van der Waals surface area contributed by atoms with Gasteiger partial charge in [-0.2, -0.15) is 0 Å². The van der Waals surface area contributed by atoms with Crippen LogP contribution in [0.3, 0.4) is 0 Å². The van der Waals surface area contributed by atoms with Crippen LogP contribution in [-0.2, 0) is 9.53 Å². The lowest BCUT2D eigenvalue weighted by Gasteiger charge is -2.03. The van der Waals surface area contributed by atoms with Crippen molar-refractivity contribution in [1.29, 1.82) is 0 Å². The standard InChI is InChI=1S/C5H8O2.C3H9O3P/c1-3-4-7-5(2)6;4-1-7(2-5)3-6/h3H,1,4H2,2H3;4-6H,1-3H2. The molecule has 0 spiro atoms. The molecule has 0 heterocycles. The van der Waals surface area contributed by atoms with Gasteiger partial charge in [-0.1, -0.05) is 12.7 Å². The molecule has 6 heteroatoms. The summed E-state index contributed by atoms with van der Waals surface area (Å²) < 4.78 is 4.43. The van der Waals surface area contributed by atoms with Crippen LogP contribution in [0.2, 0.25) is 0 Å². The molecule has 0 rings (SSSR count). The van der Waals surface area contributed by atoms with Crippen LogP contribution in [0, 0.1) is 0 Å². The van der Waals surface area contributed by atoms with Gasteiger partial charge in [-0.15, -0.1) is 0 Å². The highest BCUT2D eigenvalue weighted by Crippen LogP contribution is 2.29. The van der Waals surface area contributed by atoms with Crippen molar-refractivity contribution >= 4 is 13.9 Å². The van der Waals surface area contributed by atoms with Crippen LogP contribution in [0.25, 0.3) is 0 Å². The van der Waals surface area contributed by atoms with Gasteiger partial charge in [0.25, 0.3) is 0 Å². The van der Waals surface area contributed by atoms with Crippen molar-refractivity contribution in [1.82, 2.24) is 0 Å². The number of ether oxygens (including phenoxy) is 1. The first kappa shape index (κ1) is 16.0. The molecule has 0 atom stereocenters. The highest BCUT2D eigenvalue weighted by atomic mass is 31.1. The molecule has 0 aromatic carbocycles. The highest BCUT2D eigenvalue weighted by Gasteiger charge is 1.98. The summed E-state index contributed by atoms with van der Waals surface area (Å²) in [6.07, 6.45) is 1.29. The largest absolute Gasteiger partial charge is 0.462 e. The van der Waals surface area contributed by atoms with Crippen LogP contribution in [-0.4, -0.2) is 46.9 Å². The molecule has 0 bridgehead atoms. The molecule has 0 saturated carbocycles. The Morgan fingerprint density at radius 2 is 1.79 bits per heavy atom. The van der Waals surface area contributed by atoms with Crippen LogP contribution >= 0.6 is 7.92 Å². The van der Waals surface area contributed by atoms with E-state index in [1.54, 1.807) is 0 Å². The third-order valence-corrected chi connectivity index (χ3v) is 2.20. The van der Waals surface area contributed by atoms with E-state index in [1.165, 1.54) is 13.0 Å². The van der Waals surface area contributed by atoms with Crippen molar-refractivity contribution in [3.8, 4) is 0 Å². The van der Waals surface area contributed by atoms with E-state index >= 15 is 0 Å². The van der Waals surface area contributed by atoms with Crippen molar-refractivity contribution < 1.29 is 24.9 Å². The van der Waals surface area contributed by atoms with Crippen LogP contribution in [0.1, 0.15) is 6.92 Å². The summed E-state index contributed by atoms with van der Waals surface area (Å²) in [5, 5.41) is 24.7. The molecular formula is C8H17O5P. The van der Waals surface area contributed by atoms with E-state index < -0.39 is 7.92 Å². The predicted octanol–water partition coefficient (Wildman–Crippen LogP) is 0.0532. The minimum absolute atomic E-state index is 0.0810. The Hall–Kier alpha value is -0.480. The number of aliphatic hydroxyl groups is 3. The number of aliphatic hydroxyl groups excluding tert-OH is 3. The Morgan fingerprint density at radius 1 is 1.36 bits per heavy atom. The minimum atomic E-state index is -0.887. The lowest BCUT2D eigenvalue weighted by molar-refractivity contribution is -0.139. The molecule has 0 amide bonds. The summed E-state index contributed by atoms with van der Waals surface area (Å²) in [5.41, 5.74) is 0. The summed E-state index contributed by atoms with van der Waals surface area (Å²) in [7, 11) is -0.887. The second kappa shape index (κ2) is 12.5. The quantitative estimate of drug-likeness (QED) is 0.349. The van der Waals surface area contributed by atoms with Crippen LogP contribution < -0.4 is 0 Å². The van der Waals surface area contributed by atoms with Crippen molar-refractivity contribution in [2.75, 3.05) is 25.7 Å². The van der Waals surface area contributed by atoms with Gasteiger partial charge < -0.3 is 20.1 Å². The van der Waals surface area contributed by atoms with Gasteiger partial charge in [0, 0.05) is 6.92 Å². The number of rotatable bonds is 5. The molecule has 0 fully saturated rings. The summed E-state index contributed by atoms with van der Waals surface area (Å²) in [5.74, 6) is -0.264. The smallest absolute Gasteiger partial charge is 0.302 e. The van der Waals surface area contributed by atoms with E-state index in [4.69, 9.17) is 15.3 Å². The zero-order valence-electron chi connectivity index (χ0n) is 8.22. The summed E-state index contributed by atoms with van der Waals surface area (Å²) >= 11 is 0. The maximum Gasteiger partial charge on any atom is 0.302 e. The van der Waals surface area contributed by atoms with Gasteiger partial charge in [0.05, 0.1) is 19.0 Å². The van der Waals surface area contributed by atoms with Gasteiger partial charge in [0.15, 0.2) is 0 Å². The van der Waals surface area contributed by atoms with E-state index in [2.05, 4.69) is 11.3 Å². The maximum absolute atomic E-state index is 9.93. The van der Waals surface area contributed by atoms with Crippen molar-refractivity contribution in [3.05, 3.63) is 12.7 Å². The maximum atomic E-state index is 9.93.